The number of benzene rings is 8. The van der Waals surface area contributed by atoms with Gasteiger partial charge >= 0.3 is 0 Å². The van der Waals surface area contributed by atoms with Crippen LogP contribution in [0, 0.1) is 0 Å². The second-order valence-electron chi connectivity index (χ2n) is 14.0. The van der Waals surface area contributed by atoms with E-state index in [0.29, 0.717) is 17.5 Å². The molecule has 0 bridgehead atoms. The molecule has 5 heteroatoms. The number of nitrogens with zero attached hydrogens (tertiary/aromatic N) is 5. The Morgan fingerprint density at radius 3 is 1.46 bits per heavy atom. The maximum atomic E-state index is 5.07. The molecule has 3 aromatic heterocycles. The summed E-state index contributed by atoms with van der Waals surface area (Å²) >= 11 is 0. The first-order chi connectivity index (χ1) is 27.8. The summed E-state index contributed by atoms with van der Waals surface area (Å²) in [5, 5.41) is 4.86. The molecule has 0 saturated heterocycles. The second kappa shape index (κ2) is 13.0. The first-order valence-electron chi connectivity index (χ1n) is 18.9. The Hall–Kier alpha value is -7.63. The molecule has 0 unspecified atom stereocenters. The normalized spacial score (nSPS) is 11.6. The van der Waals surface area contributed by atoms with E-state index in [4.69, 9.17) is 15.0 Å². The van der Waals surface area contributed by atoms with Crippen LogP contribution in [0.4, 0.5) is 0 Å². The van der Waals surface area contributed by atoms with Gasteiger partial charge in [0.05, 0.1) is 22.1 Å². The van der Waals surface area contributed by atoms with Gasteiger partial charge in [0.15, 0.2) is 17.5 Å². The zero-order valence-electron chi connectivity index (χ0n) is 30.3. The van der Waals surface area contributed by atoms with E-state index in [0.717, 1.165) is 39.1 Å². The highest BCUT2D eigenvalue weighted by molar-refractivity contribution is 6.20. The fraction of sp³-hybridized carbons (Fsp3) is 0. The Balaban J connectivity index is 1.16. The molecule has 56 heavy (non-hydrogen) atoms. The summed E-state index contributed by atoms with van der Waals surface area (Å²) in [6.07, 6.45) is 0. The van der Waals surface area contributed by atoms with Crippen molar-refractivity contribution in [2.24, 2.45) is 0 Å². The molecule has 8 aromatic carbocycles. The number of fused-ring (bicyclic) bond motifs is 6. The van der Waals surface area contributed by atoms with E-state index >= 15 is 0 Å². The summed E-state index contributed by atoms with van der Waals surface area (Å²) in [7, 11) is 0. The zero-order valence-corrected chi connectivity index (χ0v) is 30.3. The molecule has 0 fully saturated rings. The third kappa shape index (κ3) is 5.13. The van der Waals surface area contributed by atoms with Crippen LogP contribution in [0.3, 0.4) is 0 Å². The summed E-state index contributed by atoms with van der Waals surface area (Å²) in [5.74, 6) is 1.91. The number of rotatable bonds is 6. The zero-order chi connectivity index (χ0) is 37.0. The average molecular weight is 716 g/mol. The van der Waals surface area contributed by atoms with Gasteiger partial charge in [0.2, 0.25) is 0 Å². The molecule has 5 nitrogen and oxygen atoms in total. The first-order valence-corrected chi connectivity index (χ1v) is 18.9. The molecule has 0 atom stereocenters. The number of aromatic nitrogens is 5. The van der Waals surface area contributed by atoms with Crippen LogP contribution < -0.4 is 0 Å². The van der Waals surface area contributed by atoms with E-state index in [-0.39, 0.29) is 0 Å². The van der Waals surface area contributed by atoms with Crippen molar-refractivity contribution in [3.05, 3.63) is 200 Å². The smallest absolute Gasteiger partial charge is 0.164 e. The number of hydrogen-bond donors (Lipinski definition) is 0. The van der Waals surface area contributed by atoms with E-state index in [2.05, 4.69) is 149 Å². The van der Waals surface area contributed by atoms with Crippen LogP contribution in [0.2, 0.25) is 0 Å². The van der Waals surface area contributed by atoms with Crippen molar-refractivity contribution in [3.63, 3.8) is 0 Å². The molecule has 0 saturated carbocycles. The molecule has 11 rings (SSSR count). The van der Waals surface area contributed by atoms with Crippen LogP contribution in [0.1, 0.15) is 0 Å². The lowest BCUT2D eigenvalue weighted by Gasteiger charge is -2.14. The minimum atomic E-state index is 0.624. The second-order valence-corrected chi connectivity index (χ2v) is 14.0. The molecular formula is C51H33N5. The van der Waals surface area contributed by atoms with Gasteiger partial charge in [-0.05, 0) is 48.0 Å². The highest BCUT2D eigenvalue weighted by Crippen LogP contribution is 2.43. The van der Waals surface area contributed by atoms with Gasteiger partial charge in [-0.2, -0.15) is 0 Å². The molecule has 0 N–H and O–H groups in total. The predicted molar refractivity (Wildman–Crippen MR) is 230 cm³/mol. The van der Waals surface area contributed by atoms with Crippen LogP contribution in [0.25, 0.3) is 100 Å². The minimum absolute atomic E-state index is 0.624. The molecule has 0 radical (unpaired) electrons. The van der Waals surface area contributed by atoms with E-state index in [1.807, 2.05) is 60.7 Å². The maximum Gasteiger partial charge on any atom is 0.164 e. The quantitative estimate of drug-likeness (QED) is 0.172. The molecule has 0 amide bonds. The highest BCUT2D eigenvalue weighted by atomic mass is 15.0. The lowest BCUT2D eigenvalue weighted by atomic mass is 9.97. The molecule has 0 spiro atoms. The topological polar surface area (TPSA) is 48.5 Å². The summed E-state index contributed by atoms with van der Waals surface area (Å²) in [4.78, 5) is 15.1. The molecule has 0 aliphatic heterocycles. The van der Waals surface area contributed by atoms with E-state index in [1.54, 1.807) is 0 Å². The van der Waals surface area contributed by atoms with Crippen molar-refractivity contribution in [3.8, 4) is 56.7 Å². The molecular weight excluding hydrogens is 683 g/mol. The van der Waals surface area contributed by atoms with Gasteiger partial charge in [-0.1, -0.05) is 158 Å². The summed E-state index contributed by atoms with van der Waals surface area (Å²) < 4.78 is 4.80. The van der Waals surface area contributed by atoms with Crippen LogP contribution in [0.5, 0.6) is 0 Å². The minimum Gasteiger partial charge on any atom is -0.309 e. The average Bonchev–Trinajstić information content (AvgIpc) is 3.81. The van der Waals surface area contributed by atoms with Crippen molar-refractivity contribution in [1.82, 2.24) is 24.1 Å². The summed E-state index contributed by atoms with van der Waals surface area (Å²) in [6.45, 7) is 0. The third-order valence-electron chi connectivity index (χ3n) is 10.8. The molecule has 262 valence electrons. The Bertz CT molecular complexity index is 3180. The first kappa shape index (κ1) is 31.9. The van der Waals surface area contributed by atoms with Crippen LogP contribution in [0.15, 0.2) is 200 Å². The molecule has 0 aliphatic rings. The van der Waals surface area contributed by atoms with Gasteiger partial charge in [0, 0.05) is 55.2 Å². The van der Waals surface area contributed by atoms with Gasteiger partial charge in [0.25, 0.3) is 0 Å². The largest absolute Gasteiger partial charge is 0.309 e. The summed E-state index contributed by atoms with van der Waals surface area (Å²) in [6, 6.07) is 70.4. The van der Waals surface area contributed by atoms with E-state index in [1.165, 1.54) is 43.7 Å². The van der Waals surface area contributed by atoms with Crippen molar-refractivity contribution in [2.75, 3.05) is 0 Å². The van der Waals surface area contributed by atoms with Crippen molar-refractivity contribution < 1.29 is 0 Å². The predicted octanol–water partition coefficient (Wildman–Crippen LogP) is 12.7. The van der Waals surface area contributed by atoms with E-state index < -0.39 is 0 Å². The standard InChI is InChI=1S/C51H33N5/c1-4-17-34(18-5-1)49-52-50(35-19-6-2-7-20-35)54-51(53-49)36-21-14-24-38(33-36)56-44-30-12-10-25-39(44)41-28-15-29-42(48(41)56)40-27-16-32-46-47(40)43-26-11-13-31-45(43)55(46)37-22-8-3-9-23-37/h1-33H. The highest BCUT2D eigenvalue weighted by Gasteiger charge is 2.21. The Kier molecular flexibility index (Phi) is 7.42. The number of para-hydroxylation sites is 4. The molecule has 11 aromatic rings. The van der Waals surface area contributed by atoms with Gasteiger partial charge < -0.3 is 9.13 Å². The van der Waals surface area contributed by atoms with Crippen LogP contribution in [-0.2, 0) is 0 Å². The van der Waals surface area contributed by atoms with Gasteiger partial charge in [-0.25, -0.2) is 15.0 Å². The van der Waals surface area contributed by atoms with Crippen molar-refractivity contribution in [2.45, 2.75) is 0 Å². The van der Waals surface area contributed by atoms with Crippen LogP contribution in [-0.4, -0.2) is 24.1 Å². The van der Waals surface area contributed by atoms with Crippen molar-refractivity contribution in [1.29, 1.82) is 0 Å². The SMILES string of the molecule is c1ccc(-c2nc(-c3ccccc3)nc(-c3cccc(-n4c5ccccc5c5cccc(-c6cccc7c6c6ccccc6n7-c6ccccc6)c54)c3)n2)cc1. The maximum absolute atomic E-state index is 5.07. The summed E-state index contributed by atoms with van der Waals surface area (Å²) in [5.41, 5.74) is 12.0. The Morgan fingerprint density at radius 2 is 0.768 bits per heavy atom. The van der Waals surface area contributed by atoms with E-state index in [9.17, 15) is 0 Å². The van der Waals surface area contributed by atoms with Gasteiger partial charge in [-0.15, -0.1) is 0 Å². The van der Waals surface area contributed by atoms with Crippen molar-refractivity contribution >= 4 is 43.6 Å². The molecule has 3 heterocycles. The Labute approximate surface area is 323 Å². The molecule has 0 aliphatic carbocycles. The van der Waals surface area contributed by atoms with Crippen LogP contribution >= 0.6 is 0 Å². The third-order valence-corrected chi connectivity index (χ3v) is 10.8. The lowest BCUT2D eigenvalue weighted by molar-refractivity contribution is 1.07. The lowest BCUT2D eigenvalue weighted by Crippen LogP contribution is -2.01. The fourth-order valence-electron chi connectivity index (χ4n) is 8.32. The fourth-order valence-corrected chi connectivity index (χ4v) is 8.32. The monoisotopic (exact) mass is 715 g/mol. The number of hydrogen-bond acceptors (Lipinski definition) is 3. The Morgan fingerprint density at radius 1 is 0.304 bits per heavy atom. The van der Waals surface area contributed by atoms with Gasteiger partial charge in [0.1, 0.15) is 0 Å². The van der Waals surface area contributed by atoms with Gasteiger partial charge in [-0.3, -0.25) is 0 Å².